The second kappa shape index (κ2) is 3.13. The lowest BCUT2D eigenvalue weighted by molar-refractivity contribution is 0.578. The molecule has 0 aromatic heterocycles. The zero-order valence-corrected chi connectivity index (χ0v) is 10.1. The van der Waals surface area contributed by atoms with Gasteiger partial charge in [0, 0.05) is 18.0 Å². The topological polar surface area (TPSA) is 12.0 Å². The molecule has 1 aromatic rings. The van der Waals surface area contributed by atoms with E-state index in [1.807, 2.05) is 12.1 Å². The second-order valence-corrected chi connectivity index (χ2v) is 5.58. The van der Waals surface area contributed by atoms with Crippen molar-refractivity contribution in [2.45, 2.75) is 24.8 Å². The Bertz CT molecular complexity index is 418. The van der Waals surface area contributed by atoms with E-state index in [1.165, 1.54) is 12.0 Å². The lowest BCUT2D eigenvalue weighted by atomic mass is 9.94. The summed E-state index contributed by atoms with van der Waals surface area (Å²) in [5, 5.41) is 4.84. The van der Waals surface area contributed by atoms with Crippen molar-refractivity contribution in [3.63, 3.8) is 0 Å². The van der Waals surface area contributed by atoms with E-state index in [0.717, 1.165) is 12.5 Å². The molecule has 1 unspecified atom stereocenters. The summed E-state index contributed by atoms with van der Waals surface area (Å²) in [5.41, 5.74) is 1.70. The van der Waals surface area contributed by atoms with Crippen LogP contribution in [0, 0.1) is 5.92 Å². The normalized spacial score (nSPS) is 37.8. The lowest BCUT2D eigenvalue weighted by Crippen LogP contribution is -2.24. The van der Waals surface area contributed by atoms with Gasteiger partial charge in [0.05, 0.1) is 10.0 Å². The fourth-order valence-electron chi connectivity index (χ4n) is 2.92. The number of benzene rings is 1. The largest absolute Gasteiger partial charge is 0.313 e. The van der Waals surface area contributed by atoms with Gasteiger partial charge in [-0.05, 0) is 37.0 Å². The number of nitrogens with one attached hydrogen (secondary N) is 1. The molecule has 0 amide bonds. The highest BCUT2D eigenvalue weighted by atomic mass is 35.5. The molecule has 1 aliphatic heterocycles. The van der Waals surface area contributed by atoms with E-state index in [4.69, 9.17) is 23.2 Å². The third kappa shape index (κ3) is 1.33. The maximum absolute atomic E-state index is 6.06. The highest BCUT2D eigenvalue weighted by Crippen LogP contribution is 2.59. The van der Waals surface area contributed by atoms with Gasteiger partial charge in [0.1, 0.15) is 0 Å². The molecule has 1 saturated heterocycles. The molecule has 0 spiro atoms. The predicted molar refractivity (Wildman–Crippen MR) is 63.7 cm³/mol. The predicted octanol–water partition coefficient (Wildman–Crippen LogP) is 3.24. The van der Waals surface area contributed by atoms with Crippen molar-refractivity contribution in [1.82, 2.24) is 5.32 Å². The van der Waals surface area contributed by atoms with Crippen LogP contribution in [0.4, 0.5) is 0 Å². The lowest BCUT2D eigenvalue weighted by Gasteiger charge is -2.12. The summed E-state index contributed by atoms with van der Waals surface area (Å²) >= 11 is 12.0. The van der Waals surface area contributed by atoms with Gasteiger partial charge in [-0.25, -0.2) is 0 Å². The van der Waals surface area contributed by atoms with Crippen molar-refractivity contribution >= 4 is 23.2 Å². The first-order chi connectivity index (χ1) is 7.13. The van der Waals surface area contributed by atoms with E-state index in [-0.39, 0.29) is 0 Å². The second-order valence-electron chi connectivity index (χ2n) is 4.77. The Labute approximate surface area is 99.8 Å². The van der Waals surface area contributed by atoms with Crippen molar-refractivity contribution < 1.29 is 0 Å². The Morgan fingerprint density at radius 3 is 2.67 bits per heavy atom. The first kappa shape index (κ1) is 9.95. The fourth-order valence-corrected chi connectivity index (χ4v) is 3.22. The third-order valence-electron chi connectivity index (χ3n) is 3.97. The van der Waals surface area contributed by atoms with E-state index >= 15 is 0 Å². The van der Waals surface area contributed by atoms with E-state index < -0.39 is 0 Å². The highest BCUT2D eigenvalue weighted by Gasteiger charge is 2.61. The molecule has 1 nitrogen and oxygen atoms in total. The molecular weight excluding hydrogens is 229 g/mol. The van der Waals surface area contributed by atoms with E-state index in [2.05, 4.69) is 18.3 Å². The average molecular weight is 242 g/mol. The minimum Gasteiger partial charge on any atom is -0.313 e. The molecule has 1 saturated carbocycles. The van der Waals surface area contributed by atoms with E-state index in [9.17, 15) is 0 Å². The van der Waals surface area contributed by atoms with Gasteiger partial charge in [-0.2, -0.15) is 0 Å². The Morgan fingerprint density at radius 1 is 1.33 bits per heavy atom. The summed E-state index contributed by atoms with van der Waals surface area (Å²) < 4.78 is 0. The molecule has 3 atom stereocenters. The molecule has 1 N–H and O–H groups in total. The molecule has 80 valence electrons. The van der Waals surface area contributed by atoms with Gasteiger partial charge >= 0.3 is 0 Å². The molecular formula is C12H13Cl2N. The van der Waals surface area contributed by atoms with Crippen molar-refractivity contribution in [3.05, 3.63) is 33.8 Å². The molecule has 1 aromatic carbocycles. The van der Waals surface area contributed by atoms with Gasteiger partial charge in [-0.15, -0.1) is 0 Å². The molecule has 2 aliphatic rings. The van der Waals surface area contributed by atoms with Crippen LogP contribution in [0.5, 0.6) is 0 Å². The number of hydrogen-bond donors (Lipinski definition) is 1. The molecule has 0 bridgehead atoms. The van der Waals surface area contributed by atoms with Crippen molar-refractivity contribution in [2.24, 2.45) is 5.92 Å². The third-order valence-corrected chi connectivity index (χ3v) is 4.71. The summed E-state index contributed by atoms with van der Waals surface area (Å²) in [7, 11) is 0. The van der Waals surface area contributed by atoms with Gasteiger partial charge in [0.25, 0.3) is 0 Å². The molecule has 0 radical (unpaired) electrons. The average Bonchev–Trinajstić information content (AvgIpc) is 2.88. The van der Waals surface area contributed by atoms with Gasteiger partial charge in [-0.1, -0.05) is 29.3 Å². The minimum atomic E-state index is 0.355. The first-order valence-electron chi connectivity index (χ1n) is 5.32. The molecule has 3 heteroatoms. The Balaban J connectivity index is 1.98. The van der Waals surface area contributed by atoms with Gasteiger partial charge in [-0.3, -0.25) is 0 Å². The van der Waals surface area contributed by atoms with Crippen molar-refractivity contribution in [3.8, 4) is 0 Å². The molecule has 1 aliphatic carbocycles. The summed E-state index contributed by atoms with van der Waals surface area (Å²) in [6.45, 7) is 3.34. The van der Waals surface area contributed by atoms with Gasteiger partial charge in [0.2, 0.25) is 0 Å². The van der Waals surface area contributed by atoms with E-state index in [0.29, 0.717) is 21.5 Å². The quantitative estimate of drug-likeness (QED) is 0.797. The Hall–Kier alpha value is -0.240. The van der Waals surface area contributed by atoms with Crippen molar-refractivity contribution in [2.75, 3.05) is 6.54 Å². The van der Waals surface area contributed by atoms with Crippen LogP contribution in [0.1, 0.15) is 18.9 Å². The fraction of sp³-hybridized carbons (Fsp3) is 0.500. The number of hydrogen-bond acceptors (Lipinski definition) is 1. The first-order valence-corrected chi connectivity index (χ1v) is 6.08. The minimum absolute atomic E-state index is 0.355. The van der Waals surface area contributed by atoms with Crippen LogP contribution in [0.25, 0.3) is 0 Å². The number of fused-ring (bicyclic) bond motifs is 1. The summed E-state index contributed by atoms with van der Waals surface area (Å²) in [6, 6.07) is 6.70. The smallest absolute Gasteiger partial charge is 0.0595 e. The number of piperidine rings is 1. The molecule has 2 fully saturated rings. The van der Waals surface area contributed by atoms with Crippen molar-refractivity contribution in [1.29, 1.82) is 0 Å². The van der Waals surface area contributed by atoms with Crippen LogP contribution in [-0.2, 0) is 5.41 Å². The maximum Gasteiger partial charge on any atom is 0.0595 e. The van der Waals surface area contributed by atoms with Crippen LogP contribution < -0.4 is 5.32 Å². The van der Waals surface area contributed by atoms with E-state index in [1.54, 1.807) is 0 Å². The van der Waals surface area contributed by atoms with Gasteiger partial charge in [0.15, 0.2) is 0 Å². The zero-order chi connectivity index (χ0) is 10.6. The zero-order valence-electron chi connectivity index (χ0n) is 8.56. The summed E-state index contributed by atoms with van der Waals surface area (Å²) in [4.78, 5) is 0. The number of rotatable bonds is 1. The number of halogens is 2. The van der Waals surface area contributed by atoms with Crippen LogP contribution >= 0.6 is 23.2 Å². The molecule has 1 heterocycles. The Kier molecular flexibility index (Phi) is 2.08. The SMILES string of the molecule is C[C@H]1NC[C@]2(c3ccc(Cl)c(Cl)c3)CC12. The van der Waals surface area contributed by atoms with Crippen LogP contribution in [0.2, 0.25) is 10.0 Å². The maximum atomic E-state index is 6.06. The summed E-state index contributed by atoms with van der Waals surface area (Å²) in [5.74, 6) is 0.787. The van der Waals surface area contributed by atoms with Crippen LogP contribution in [0.3, 0.4) is 0 Å². The Morgan fingerprint density at radius 2 is 2.13 bits per heavy atom. The monoisotopic (exact) mass is 241 g/mol. The molecule has 15 heavy (non-hydrogen) atoms. The van der Waals surface area contributed by atoms with Gasteiger partial charge < -0.3 is 5.32 Å². The standard InChI is InChI=1S/C12H13Cl2N/c1-7-9-5-12(9,6-15-7)8-2-3-10(13)11(14)4-8/h2-4,7,9,15H,5-6H2,1H3/t7-,9?,12+/m1/s1. The van der Waals surface area contributed by atoms with Crippen LogP contribution in [-0.4, -0.2) is 12.6 Å². The highest BCUT2D eigenvalue weighted by molar-refractivity contribution is 6.42. The molecule has 3 rings (SSSR count). The summed E-state index contributed by atoms with van der Waals surface area (Å²) in [6.07, 6.45) is 1.29. The van der Waals surface area contributed by atoms with Crippen LogP contribution in [0.15, 0.2) is 18.2 Å².